The van der Waals surface area contributed by atoms with Gasteiger partial charge in [0.1, 0.15) is 5.75 Å². The van der Waals surface area contributed by atoms with Crippen molar-refractivity contribution in [3.63, 3.8) is 0 Å². The molecule has 0 atom stereocenters. The summed E-state index contributed by atoms with van der Waals surface area (Å²) in [6.45, 7) is -0.323. The average molecular weight is 302 g/mol. The fourth-order valence-corrected chi connectivity index (χ4v) is 1.64. The molecule has 1 N–H and O–H groups in total. The number of para-hydroxylation sites is 1. The molecule has 6 heteroatoms. The lowest BCUT2D eigenvalue weighted by atomic mass is 10.2. The molecule has 2 rings (SSSR count). The summed E-state index contributed by atoms with van der Waals surface area (Å²) in [5.41, 5.74) is 3.07. The summed E-state index contributed by atoms with van der Waals surface area (Å²) in [6.07, 6.45) is 1.48. The minimum atomic E-state index is -0.518. The van der Waals surface area contributed by atoms with Gasteiger partial charge in [0.05, 0.1) is 13.3 Å². The normalized spacial score (nSPS) is 10.5. The van der Waals surface area contributed by atoms with Crippen LogP contribution in [0, 0.1) is 5.82 Å². The van der Waals surface area contributed by atoms with Gasteiger partial charge < -0.3 is 9.47 Å². The Kier molecular flexibility index (Phi) is 5.48. The van der Waals surface area contributed by atoms with E-state index in [0.29, 0.717) is 5.75 Å². The highest BCUT2D eigenvalue weighted by Crippen LogP contribution is 2.14. The lowest BCUT2D eigenvalue weighted by molar-refractivity contribution is -0.123. The molecule has 0 aliphatic carbocycles. The van der Waals surface area contributed by atoms with Gasteiger partial charge in [-0.1, -0.05) is 24.3 Å². The van der Waals surface area contributed by atoms with Gasteiger partial charge >= 0.3 is 0 Å². The first-order valence-electron chi connectivity index (χ1n) is 6.52. The molecule has 0 aliphatic rings. The maximum Gasteiger partial charge on any atom is 0.277 e. The number of hydrogen-bond acceptors (Lipinski definition) is 4. The van der Waals surface area contributed by atoms with Crippen LogP contribution >= 0.6 is 0 Å². The Bertz CT molecular complexity index is 674. The molecular weight excluding hydrogens is 287 g/mol. The summed E-state index contributed by atoms with van der Waals surface area (Å²) < 4.78 is 23.4. The van der Waals surface area contributed by atoms with E-state index in [-0.39, 0.29) is 12.4 Å². The first kappa shape index (κ1) is 15.5. The van der Waals surface area contributed by atoms with Crippen molar-refractivity contribution >= 4 is 12.1 Å². The molecule has 114 valence electrons. The predicted molar refractivity (Wildman–Crippen MR) is 80.6 cm³/mol. The molecule has 0 heterocycles. The number of hydrazone groups is 1. The molecule has 0 aromatic heterocycles. The Balaban J connectivity index is 1.82. The highest BCUT2D eigenvalue weighted by atomic mass is 19.1. The second kappa shape index (κ2) is 7.78. The molecule has 0 saturated carbocycles. The third-order valence-electron chi connectivity index (χ3n) is 2.69. The van der Waals surface area contributed by atoms with Gasteiger partial charge in [0.25, 0.3) is 5.91 Å². The Morgan fingerprint density at radius 2 is 2.09 bits per heavy atom. The van der Waals surface area contributed by atoms with E-state index in [0.717, 1.165) is 5.56 Å². The van der Waals surface area contributed by atoms with Gasteiger partial charge in [-0.15, -0.1) is 0 Å². The second-order valence-corrected chi connectivity index (χ2v) is 4.29. The van der Waals surface area contributed by atoms with Gasteiger partial charge in [-0.3, -0.25) is 4.79 Å². The summed E-state index contributed by atoms with van der Waals surface area (Å²) in [5, 5.41) is 3.80. The van der Waals surface area contributed by atoms with Crippen molar-refractivity contribution in [1.82, 2.24) is 5.43 Å². The van der Waals surface area contributed by atoms with Crippen molar-refractivity contribution in [2.45, 2.75) is 0 Å². The molecular formula is C16H15FN2O3. The molecule has 0 bridgehead atoms. The van der Waals surface area contributed by atoms with Crippen LogP contribution in [0.1, 0.15) is 5.56 Å². The van der Waals surface area contributed by atoms with Crippen LogP contribution in [0.25, 0.3) is 0 Å². The highest BCUT2D eigenvalue weighted by molar-refractivity contribution is 5.83. The number of halogens is 1. The number of methoxy groups -OCH3 is 1. The lowest BCUT2D eigenvalue weighted by Crippen LogP contribution is -2.24. The largest absolute Gasteiger partial charge is 0.497 e. The third kappa shape index (κ3) is 4.59. The Labute approximate surface area is 127 Å². The number of carbonyl (C=O) groups is 1. The minimum Gasteiger partial charge on any atom is -0.497 e. The van der Waals surface area contributed by atoms with Crippen molar-refractivity contribution in [3.05, 3.63) is 59.9 Å². The first-order chi connectivity index (χ1) is 10.7. The van der Waals surface area contributed by atoms with Crippen LogP contribution in [0.3, 0.4) is 0 Å². The van der Waals surface area contributed by atoms with E-state index in [9.17, 15) is 9.18 Å². The Morgan fingerprint density at radius 1 is 1.27 bits per heavy atom. The van der Waals surface area contributed by atoms with Crippen molar-refractivity contribution in [2.75, 3.05) is 13.7 Å². The van der Waals surface area contributed by atoms with E-state index < -0.39 is 11.7 Å². The van der Waals surface area contributed by atoms with Gasteiger partial charge in [0.15, 0.2) is 18.2 Å². The Morgan fingerprint density at radius 3 is 2.86 bits per heavy atom. The summed E-state index contributed by atoms with van der Waals surface area (Å²) in [6, 6.07) is 13.1. The van der Waals surface area contributed by atoms with Crippen LogP contribution in [0.2, 0.25) is 0 Å². The number of amides is 1. The highest BCUT2D eigenvalue weighted by Gasteiger charge is 2.05. The van der Waals surface area contributed by atoms with Crippen LogP contribution in [0.15, 0.2) is 53.6 Å². The van der Waals surface area contributed by atoms with Crippen LogP contribution in [-0.4, -0.2) is 25.8 Å². The monoisotopic (exact) mass is 302 g/mol. The number of nitrogens with zero attached hydrogens (tertiary/aromatic N) is 1. The van der Waals surface area contributed by atoms with Crippen LogP contribution in [-0.2, 0) is 4.79 Å². The van der Waals surface area contributed by atoms with Gasteiger partial charge in [0, 0.05) is 0 Å². The third-order valence-corrected chi connectivity index (χ3v) is 2.69. The summed E-state index contributed by atoms with van der Waals surface area (Å²) in [5.74, 6) is -0.287. The zero-order valence-corrected chi connectivity index (χ0v) is 12.0. The predicted octanol–water partition coefficient (Wildman–Crippen LogP) is 2.36. The topological polar surface area (TPSA) is 59.9 Å². The molecule has 0 spiro atoms. The standard InChI is InChI=1S/C16H15FN2O3/c1-21-13-6-4-5-12(9-13)10-18-19-16(20)11-22-15-8-3-2-7-14(15)17/h2-10H,11H2,1H3,(H,19,20)/b18-10-. The average Bonchev–Trinajstić information content (AvgIpc) is 2.54. The van der Waals surface area contributed by atoms with Crippen molar-refractivity contribution in [3.8, 4) is 11.5 Å². The Hall–Kier alpha value is -2.89. The zero-order chi connectivity index (χ0) is 15.8. The van der Waals surface area contributed by atoms with Crippen molar-refractivity contribution < 1.29 is 18.7 Å². The minimum absolute atomic E-state index is 0.0226. The van der Waals surface area contributed by atoms with Crippen molar-refractivity contribution in [2.24, 2.45) is 5.10 Å². The van der Waals surface area contributed by atoms with Gasteiger partial charge in [0.2, 0.25) is 0 Å². The van der Waals surface area contributed by atoms with E-state index in [1.165, 1.54) is 18.3 Å². The zero-order valence-electron chi connectivity index (χ0n) is 12.0. The molecule has 0 radical (unpaired) electrons. The van der Waals surface area contributed by atoms with Crippen LogP contribution in [0.5, 0.6) is 11.5 Å². The summed E-state index contributed by atoms with van der Waals surface area (Å²) >= 11 is 0. The first-order valence-corrected chi connectivity index (χ1v) is 6.52. The quantitative estimate of drug-likeness (QED) is 0.658. The molecule has 1 amide bonds. The molecule has 2 aromatic rings. The molecule has 0 saturated heterocycles. The van der Waals surface area contributed by atoms with Gasteiger partial charge in [-0.05, 0) is 29.8 Å². The SMILES string of the molecule is COc1cccc(/C=N\NC(=O)COc2ccccc2F)c1. The fraction of sp³-hybridized carbons (Fsp3) is 0.125. The van der Waals surface area contributed by atoms with E-state index in [4.69, 9.17) is 9.47 Å². The number of carbonyl (C=O) groups excluding carboxylic acids is 1. The maximum atomic E-state index is 13.3. The number of benzene rings is 2. The lowest BCUT2D eigenvalue weighted by Gasteiger charge is -2.05. The van der Waals surface area contributed by atoms with E-state index in [1.807, 2.05) is 12.1 Å². The molecule has 2 aromatic carbocycles. The molecule has 0 fully saturated rings. The van der Waals surface area contributed by atoms with Gasteiger partial charge in [-0.25, -0.2) is 9.82 Å². The maximum absolute atomic E-state index is 13.3. The molecule has 0 unspecified atom stereocenters. The fourth-order valence-electron chi connectivity index (χ4n) is 1.64. The number of hydrogen-bond donors (Lipinski definition) is 1. The van der Waals surface area contributed by atoms with E-state index >= 15 is 0 Å². The van der Waals surface area contributed by atoms with Crippen molar-refractivity contribution in [1.29, 1.82) is 0 Å². The van der Waals surface area contributed by atoms with E-state index in [2.05, 4.69) is 10.5 Å². The molecule has 0 aliphatic heterocycles. The summed E-state index contributed by atoms with van der Waals surface area (Å²) in [4.78, 5) is 11.5. The number of ether oxygens (including phenoxy) is 2. The number of nitrogens with one attached hydrogen (secondary N) is 1. The summed E-state index contributed by atoms with van der Waals surface area (Å²) in [7, 11) is 1.57. The second-order valence-electron chi connectivity index (χ2n) is 4.29. The van der Waals surface area contributed by atoms with Crippen LogP contribution in [0.4, 0.5) is 4.39 Å². The van der Waals surface area contributed by atoms with Crippen LogP contribution < -0.4 is 14.9 Å². The van der Waals surface area contributed by atoms with Gasteiger partial charge in [-0.2, -0.15) is 5.10 Å². The van der Waals surface area contributed by atoms with E-state index in [1.54, 1.807) is 31.4 Å². The molecule has 22 heavy (non-hydrogen) atoms. The smallest absolute Gasteiger partial charge is 0.277 e. The number of rotatable bonds is 6. The molecule has 5 nitrogen and oxygen atoms in total.